The molecule has 1 aromatic rings. The van der Waals surface area contributed by atoms with Crippen molar-refractivity contribution >= 4 is 47.6 Å². The van der Waals surface area contributed by atoms with Gasteiger partial charge in [-0.2, -0.15) is 0 Å². The Labute approximate surface area is 160 Å². The molecular formula is C16H27IN4OS. The first-order valence-electron chi connectivity index (χ1n) is 7.42. The molecule has 0 saturated carbocycles. The number of nitrogens with zero attached hydrogens (tertiary/aromatic N) is 2. The van der Waals surface area contributed by atoms with E-state index in [2.05, 4.69) is 27.8 Å². The summed E-state index contributed by atoms with van der Waals surface area (Å²) in [6.45, 7) is 5.03. The minimum Gasteiger partial charge on any atom is -0.356 e. The number of nitrogens with one attached hydrogen (secondary N) is 2. The second kappa shape index (κ2) is 12.5. The largest absolute Gasteiger partial charge is 0.356 e. The van der Waals surface area contributed by atoms with Crippen LogP contribution in [0.2, 0.25) is 0 Å². The van der Waals surface area contributed by atoms with E-state index in [9.17, 15) is 4.79 Å². The van der Waals surface area contributed by atoms with Crippen molar-refractivity contribution in [2.45, 2.75) is 24.8 Å². The standard InChI is InChI=1S/C16H26N4OS.HI/c1-13(2)19-16(18-12-15(21)20(3)4)17-10-11-22-14-8-6-5-7-9-14;/h5-9,13H,10-12H2,1-4H3,(H2,17,18,19);1H. The molecule has 0 aliphatic rings. The number of carbonyl (C=O) groups is 1. The number of hydrogen-bond donors (Lipinski definition) is 2. The molecule has 0 unspecified atom stereocenters. The van der Waals surface area contributed by atoms with E-state index in [4.69, 9.17) is 0 Å². The number of benzene rings is 1. The maximum Gasteiger partial charge on any atom is 0.243 e. The first-order valence-corrected chi connectivity index (χ1v) is 8.40. The maximum atomic E-state index is 11.6. The lowest BCUT2D eigenvalue weighted by Gasteiger charge is -2.15. The van der Waals surface area contributed by atoms with Crippen LogP contribution in [0.3, 0.4) is 0 Å². The van der Waals surface area contributed by atoms with E-state index in [1.807, 2.05) is 32.0 Å². The molecular weight excluding hydrogens is 423 g/mol. The highest BCUT2D eigenvalue weighted by Crippen LogP contribution is 2.15. The highest BCUT2D eigenvalue weighted by molar-refractivity contribution is 14.0. The third-order valence-electron chi connectivity index (χ3n) is 2.70. The summed E-state index contributed by atoms with van der Waals surface area (Å²) in [5.41, 5.74) is 0. The van der Waals surface area contributed by atoms with Gasteiger partial charge in [-0.1, -0.05) is 18.2 Å². The van der Waals surface area contributed by atoms with E-state index >= 15 is 0 Å². The van der Waals surface area contributed by atoms with Crippen LogP contribution in [0.1, 0.15) is 13.8 Å². The van der Waals surface area contributed by atoms with Gasteiger partial charge in [0.05, 0.1) is 0 Å². The molecule has 0 bridgehead atoms. The fourth-order valence-electron chi connectivity index (χ4n) is 1.57. The third-order valence-corrected chi connectivity index (χ3v) is 3.72. The van der Waals surface area contributed by atoms with E-state index in [0.717, 1.165) is 12.3 Å². The van der Waals surface area contributed by atoms with Crippen molar-refractivity contribution in [3.63, 3.8) is 0 Å². The number of carbonyl (C=O) groups excluding carboxylic acids is 1. The zero-order valence-corrected chi connectivity index (χ0v) is 17.4. The molecule has 0 aromatic heterocycles. The number of halogens is 1. The Kier molecular flexibility index (Phi) is 11.9. The van der Waals surface area contributed by atoms with E-state index in [1.54, 1.807) is 30.8 Å². The summed E-state index contributed by atoms with van der Waals surface area (Å²) in [4.78, 5) is 18.7. The van der Waals surface area contributed by atoms with Gasteiger partial charge >= 0.3 is 0 Å². The molecule has 23 heavy (non-hydrogen) atoms. The summed E-state index contributed by atoms with van der Waals surface area (Å²) in [6.07, 6.45) is 0. The molecule has 0 heterocycles. The fraction of sp³-hybridized carbons (Fsp3) is 0.500. The summed E-state index contributed by atoms with van der Waals surface area (Å²) in [5, 5.41) is 6.49. The summed E-state index contributed by atoms with van der Waals surface area (Å²) in [6, 6.07) is 10.6. The monoisotopic (exact) mass is 450 g/mol. The highest BCUT2D eigenvalue weighted by atomic mass is 127. The highest BCUT2D eigenvalue weighted by Gasteiger charge is 2.05. The molecule has 130 valence electrons. The van der Waals surface area contributed by atoms with Crippen LogP contribution in [0.25, 0.3) is 0 Å². The first-order chi connectivity index (χ1) is 10.5. The smallest absolute Gasteiger partial charge is 0.243 e. The van der Waals surface area contributed by atoms with Crippen LogP contribution in [0, 0.1) is 0 Å². The maximum absolute atomic E-state index is 11.6. The number of amides is 1. The third kappa shape index (κ3) is 10.4. The van der Waals surface area contributed by atoms with Crippen molar-refractivity contribution in [1.82, 2.24) is 15.5 Å². The second-order valence-corrected chi connectivity index (χ2v) is 6.51. The van der Waals surface area contributed by atoms with Crippen molar-refractivity contribution in [2.24, 2.45) is 4.99 Å². The Balaban J connectivity index is 0.00000484. The molecule has 0 saturated heterocycles. The topological polar surface area (TPSA) is 56.7 Å². The van der Waals surface area contributed by atoms with E-state index in [0.29, 0.717) is 5.96 Å². The molecule has 1 aromatic carbocycles. The zero-order valence-electron chi connectivity index (χ0n) is 14.2. The molecule has 0 fully saturated rings. The number of likely N-dealkylation sites (N-methyl/N-ethyl adjacent to an activating group) is 1. The van der Waals surface area contributed by atoms with Crippen molar-refractivity contribution in [1.29, 1.82) is 0 Å². The Morgan fingerprint density at radius 2 is 1.91 bits per heavy atom. The van der Waals surface area contributed by atoms with Crippen LogP contribution in [-0.4, -0.2) is 55.7 Å². The lowest BCUT2D eigenvalue weighted by atomic mass is 10.4. The molecule has 1 rings (SSSR count). The minimum absolute atomic E-state index is 0. The van der Waals surface area contributed by atoms with Gasteiger partial charge in [-0.25, -0.2) is 4.99 Å². The Bertz CT molecular complexity index is 480. The molecule has 0 spiro atoms. The molecule has 0 radical (unpaired) electrons. The van der Waals surface area contributed by atoms with E-state index < -0.39 is 0 Å². The number of guanidine groups is 1. The molecule has 0 aliphatic heterocycles. The number of aliphatic imine (C=N–C) groups is 1. The van der Waals surface area contributed by atoms with Gasteiger partial charge in [0.15, 0.2) is 5.96 Å². The molecule has 5 nitrogen and oxygen atoms in total. The van der Waals surface area contributed by atoms with Crippen LogP contribution in [0.4, 0.5) is 0 Å². The van der Waals surface area contributed by atoms with Gasteiger partial charge in [0, 0.05) is 37.3 Å². The van der Waals surface area contributed by atoms with Gasteiger partial charge in [-0.05, 0) is 26.0 Å². The van der Waals surface area contributed by atoms with Gasteiger partial charge in [-0.3, -0.25) is 4.79 Å². The fourth-order valence-corrected chi connectivity index (χ4v) is 2.36. The van der Waals surface area contributed by atoms with Crippen molar-refractivity contribution in [3.05, 3.63) is 30.3 Å². The van der Waals surface area contributed by atoms with Crippen molar-refractivity contribution in [2.75, 3.05) is 32.9 Å². The lowest BCUT2D eigenvalue weighted by Crippen LogP contribution is -2.42. The van der Waals surface area contributed by atoms with E-state index in [1.165, 1.54) is 4.90 Å². The van der Waals surface area contributed by atoms with Crippen LogP contribution in [0.5, 0.6) is 0 Å². The van der Waals surface area contributed by atoms with Gasteiger partial charge < -0.3 is 15.5 Å². The van der Waals surface area contributed by atoms with Gasteiger partial charge in [-0.15, -0.1) is 35.7 Å². The summed E-state index contributed by atoms with van der Waals surface area (Å²) >= 11 is 1.79. The van der Waals surface area contributed by atoms with Gasteiger partial charge in [0.25, 0.3) is 0 Å². The summed E-state index contributed by atoms with van der Waals surface area (Å²) in [5.74, 6) is 1.60. The number of hydrogen-bond acceptors (Lipinski definition) is 3. The predicted octanol–water partition coefficient (Wildman–Crippen LogP) is 2.43. The normalized spacial score (nSPS) is 10.9. The van der Waals surface area contributed by atoms with Crippen LogP contribution < -0.4 is 10.6 Å². The average molecular weight is 450 g/mol. The Morgan fingerprint density at radius 1 is 1.26 bits per heavy atom. The predicted molar refractivity (Wildman–Crippen MR) is 110 cm³/mol. The van der Waals surface area contributed by atoms with Crippen LogP contribution >= 0.6 is 35.7 Å². The molecule has 7 heteroatoms. The number of thioether (sulfide) groups is 1. The molecule has 2 N–H and O–H groups in total. The lowest BCUT2D eigenvalue weighted by molar-refractivity contribution is -0.127. The molecule has 0 atom stereocenters. The second-order valence-electron chi connectivity index (χ2n) is 5.34. The summed E-state index contributed by atoms with van der Waals surface area (Å²) in [7, 11) is 3.47. The Morgan fingerprint density at radius 3 is 2.48 bits per heavy atom. The molecule has 0 aliphatic carbocycles. The number of rotatable bonds is 7. The van der Waals surface area contributed by atoms with Crippen molar-refractivity contribution < 1.29 is 4.79 Å². The van der Waals surface area contributed by atoms with Crippen LogP contribution in [0.15, 0.2) is 40.2 Å². The zero-order chi connectivity index (χ0) is 16.4. The summed E-state index contributed by atoms with van der Waals surface area (Å²) < 4.78 is 0. The quantitative estimate of drug-likeness (QED) is 0.220. The van der Waals surface area contributed by atoms with E-state index in [-0.39, 0.29) is 42.5 Å². The van der Waals surface area contributed by atoms with Gasteiger partial charge in [0.1, 0.15) is 6.54 Å². The SMILES string of the molecule is CC(C)NC(=NCC(=O)N(C)C)NCCSc1ccccc1.I. The Hall–Kier alpha value is -0.960. The van der Waals surface area contributed by atoms with Gasteiger partial charge in [0.2, 0.25) is 5.91 Å². The van der Waals surface area contributed by atoms with Crippen LogP contribution in [-0.2, 0) is 4.79 Å². The van der Waals surface area contributed by atoms with Crippen molar-refractivity contribution in [3.8, 4) is 0 Å². The minimum atomic E-state index is -0.0106. The first kappa shape index (κ1) is 22.0. The average Bonchev–Trinajstić information content (AvgIpc) is 2.49. The molecule has 1 amide bonds.